The number of hydrogen-bond donors (Lipinski definition) is 0. The molecule has 2 aliphatic heterocycles. The van der Waals surface area contributed by atoms with Crippen LogP contribution in [-0.2, 0) is 11.3 Å². The lowest BCUT2D eigenvalue weighted by Crippen LogP contribution is -2.39. The van der Waals surface area contributed by atoms with Gasteiger partial charge in [0.25, 0.3) is 0 Å². The van der Waals surface area contributed by atoms with Crippen LogP contribution in [0.5, 0.6) is 0 Å². The normalized spacial score (nSPS) is 26.6. The number of nitrogens with zero attached hydrogens (tertiary/aromatic N) is 4. The Morgan fingerprint density at radius 1 is 1.36 bits per heavy atom. The van der Waals surface area contributed by atoms with Crippen LogP contribution in [0.4, 0.5) is 0 Å². The first-order valence-corrected chi connectivity index (χ1v) is 9.52. The monoisotopic (exact) mass is 354 g/mol. The molecule has 2 aromatic rings. The molecule has 6 heteroatoms. The summed E-state index contributed by atoms with van der Waals surface area (Å²) in [6, 6.07) is 4.09. The summed E-state index contributed by atoms with van der Waals surface area (Å²) in [6.07, 6.45) is 8.22. The standard InChI is InChI=1S/C19H22N4OS/c1-2-9-23-10-5-19(18(23)24)14-22(12-15-3-6-20-7-4-15)13-16(19)17-21-8-11-25-17/h2-4,6-8,11,16H,1,5,9-10,12-14H2/t16-,19+/m1/s1. The molecule has 0 radical (unpaired) electrons. The van der Waals surface area contributed by atoms with Gasteiger partial charge in [0.05, 0.1) is 10.4 Å². The lowest BCUT2D eigenvalue weighted by atomic mass is 9.77. The van der Waals surface area contributed by atoms with Crippen LogP contribution in [0.1, 0.15) is 22.9 Å². The molecule has 2 fully saturated rings. The highest BCUT2D eigenvalue weighted by Gasteiger charge is 2.57. The number of aromatic nitrogens is 2. The molecule has 2 atom stereocenters. The molecule has 4 heterocycles. The van der Waals surface area contributed by atoms with Gasteiger partial charge in [-0.15, -0.1) is 17.9 Å². The van der Waals surface area contributed by atoms with Crippen LogP contribution in [0.25, 0.3) is 0 Å². The van der Waals surface area contributed by atoms with E-state index in [1.54, 1.807) is 11.3 Å². The Hall–Kier alpha value is -2.05. The van der Waals surface area contributed by atoms with E-state index >= 15 is 0 Å². The SMILES string of the molecule is C=CCN1CC[C@@]2(CN(Cc3ccncc3)C[C@@H]2c2nccs2)C1=O. The maximum Gasteiger partial charge on any atom is 0.231 e. The maximum absolute atomic E-state index is 13.2. The second-order valence-corrected chi connectivity index (χ2v) is 7.82. The minimum Gasteiger partial charge on any atom is -0.338 e. The van der Waals surface area contributed by atoms with Crippen LogP contribution >= 0.6 is 11.3 Å². The van der Waals surface area contributed by atoms with Crippen LogP contribution in [0.2, 0.25) is 0 Å². The summed E-state index contributed by atoms with van der Waals surface area (Å²) < 4.78 is 0. The zero-order valence-corrected chi connectivity index (χ0v) is 15.0. The van der Waals surface area contributed by atoms with Crippen molar-refractivity contribution in [1.82, 2.24) is 19.8 Å². The highest BCUT2D eigenvalue weighted by Crippen LogP contribution is 2.50. The summed E-state index contributed by atoms with van der Waals surface area (Å²) in [4.78, 5) is 26.2. The van der Waals surface area contributed by atoms with Crippen molar-refractivity contribution in [2.24, 2.45) is 5.41 Å². The molecule has 2 aliphatic rings. The number of likely N-dealkylation sites (tertiary alicyclic amines) is 2. The van der Waals surface area contributed by atoms with Crippen molar-refractivity contribution in [2.75, 3.05) is 26.2 Å². The molecule has 1 amide bonds. The third kappa shape index (κ3) is 2.89. The first-order valence-electron chi connectivity index (χ1n) is 8.64. The van der Waals surface area contributed by atoms with E-state index in [2.05, 4.69) is 21.4 Å². The van der Waals surface area contributed by atoms with Gasteiger partial charge in [0.1, 0.15) is 0 Å². The van der Waals surface area contributed by atoms with Crippen LogP contribution in [-0.4, -0.2) is 51.9 Å². The molecule has 130 valence electrons. The fourth-order valence-corrected chi connectivity index (χ4v) is 5.10. The third-order valence-corrected chi connectivity index (χ3v) is 6.30. The number of rotatable bonds is 5. The van der Waals surface area contributed by atoms with Crippen molar-refractivity contribution < 1.29 is 4.79 Å². The predicted molar refractivity (Wildman–Crippen MR) is 98.2 cm³/mol. The Labute approximate surface area is 152 Å². The first kappa shape index (κ1) is 16.4. The molecule has 5 nitrogen and oxygen atoms in total. The molecule has 0 aliphatic carbocycles. The summed E-state index contributed by atoms with van der Waals surface area (Å²) in [6.45, 7) is 7.77. The van der Waals surface area contributed by atoms with E-state index in [4.69, 9.17) is 0 Å². The fraction of sp³-hybridized carbons (Fsp3) is 0.421. The Balaban J connectivity index is 1.62. The number of hydrogen-bond acceptors (Lipinski definition) is 5. The summed E-state index contributed by atoms with van der Waals surface area (Å²) >= 11 is 1.67. The molecule has 2 aromatic heterocycles. The number of carbonyl (C=O) groups excluding carboxylic acids is 1. The fourth-order valence-electron chi connectivity index (χ4n) is 4.25. The van der Waals surface area contributed by atoms with Gasteiger partial charge in [0, 0.05) is 62.6 Å². The van der Waals surface area contributed by atoms with Crippen molar-refractivity contribution in [3.63, 3.8) is 0 Å². The number of pyridine rings is 1. The number of amides is 1. The predicted octanol–water partition coefficient (Wildman–Crippen LogP) is 2.54. The summed E-state index contributed by atoms with van der Waals surface area (Å²) in [7, 11) is 0. The average molecular weight is 354 g/mol. The van der Waals surface area contributed by atoms with Gasteiger partial charge in [0.15, 0.2) is 0 Å². The quantitative estimate of drug-likeness (QED) is 0.774. The minimum atomic E-state index is -0.339. The first-order chi connectivity index (χ1) is 12.2. The van der Waals surface area contributed by atoms with Crippen molar-refractivity contribution in [1.29, 1.82) is 0 Å². The molecule has 0 aromatic carbocycles. The second kappa shape index (κ2) is 6.69. The Morgan fingerprint density at radius 3 is 2.92 bits per heavy atom. The molecular weight excluding hydrogens is 332 g/mol. The Morgan fingerprint density at radius 2 is 2.20 bits per heavy atom. The largest absolute Gasteiger partial charge is 0.338 e. The van der Waals surface area contributed by atoms with Crippen molar-refractivity contribution in [2.45, 2.75) is 18.9 Å². The lowest BCUT2D eigenvalue weighted by molar-refractivity contribution is -0.135. The van der Waals surface area contributed by atoms with Gasteiger partial charge in [0.2, 0.25) is 5.91 Å². The van der Waals surface area contributed by atoms with E-state index in [1.807, 2.05) is 47.1 Å². The van der Waals surface area contributed by atoms with Gasteiger partial charge in [-0.1, -0.05) is 6.08 Å². The number of carbonyl (C=O) groups is 1. The van der Waals surface area contributed by atoms with Crippen LogP contribution < -0.4 is 0 Å². The molecule has 2 saturated heterocycles. The van der Waals surface area contributed by atoms with Crippen LogP contribution in [0, 0.1) is 5.41 Å². The Bertz CT molecular complexity index is 748. The van der Waals surface area contributed by atoms with E-state index in [0.717, 1.165) is 37.6 Å². The molecule has 0 saturated carbocycles. The molecule has 0 bridgehead atoms. The van der Waals surface area contributed by atoms with Crippen LogP contribution in [0.15, 0.2) is 48.8 Å². The van der Waals surface area contributed by atoms with E-state index in [-0.39, 0.29) is 17.2 Å². The molecule has 25 heavy (non-hydrogen) atoms. The van der Waals surface area contributed by atoms with Crippen molar-refractivity contribution in [3.8, 4) is 0 Å². The van der Waals surface area contributed by atoms with E-state index in [0.29, 0.717) is 6.54 Å². The van der Waals surface area contributed by atoms with Gasteiger partial charge in [-0.05, 0) is 24.1 Å². The molecule has 4 rings (SSSR count). The molecule has 0 unspecified atom stereocenters. The zero-order valence-electron chi connectivity index (χ0n) is 14.2. The lowest BCUT2D eigenvalue weighted by Gasteiger charge is -2.27. The average Bonchev–Trinajstić information content (AvgIpc) is 3.33. The molecular formula is C19H22N4OS. The van der Waals surface area contributed by atoms with E-state index in [9.17, 15) is 4.79 Å². The summed E-state index contributed by atoms with van der Waals surface area (Å²) in [5.41, 5.74) is 0.895. The molecule has 1 spiro atoms. The minimum absolute atomic E-state index is 0.177. The smallest absolute Gasteiger partial charge is 0.231 e. The highest BCUT2D eigenvalue weighted by atomic mass is 32.1. The van der Waals surface area contributed by atoms with Crippen LogP contribution in [0.3, 0.4) is 0 Å². The zero-order chi connectivity index (χ0) is 17.3. The second-order valence-electron chi connectivity index (χ2n) is 6.89. The van der Waals surface area contributed by atoms with Gasteiger partial charge < -0.3 is 4.90 Å². The maximum atomic E-state index is 13.2. The summed E-state index contributed by atoms with van der Waals surface area (Å²) in [5, 5.41) is 3.10. The van der Waals surface area contributed by atoms with Gasteiger partial charge >= 0.3 is 0 Å². The van der Waals surface area contributed by atoms with Gasteiger partial charge in [-0.3, -0.25) is 14.7 Å². The summed E-state index contributed by atoms with van der Waals surface area (Å²) in [5.74, 6) is 0.446. The van der Waals surface area contributed by atoms with E-state index < -0.39 is 0 Å². The van der Waals surface area contributed by atoms with Gasteiger partial charge in [-0.25, -0.2) is 4.98 Å². The third-order valence-electron chi connectivity index (χ3n) is 5.41. The Kier molecular flexibility index (Phi) is 4.39. The van der Waals surface area contributed by atoms with Crippen molar-refractivity contribution >= 4 is 17.2 Å². The van der Waals surface area contributed by atoms with Gasteiger partial charge in [-0.2, -0.15) is 0 Å². The van der Waals surface area contributed by atoms with Crippen molar-refractivity contribution in [3.05, 3.63) is 59.3 Å². The topological polar surface area (TPSA) is 49.3 Å². The highest BCUT2D eigenvalue weighted by molar-refractivity contribution is 7.09. The molecule has 0 N–H and O–H groups in total. The van der Waals surface area contributed by atoms with E-state index in [1.165, 1.54) is 5.56 Å². The number of thiazole rings is 1.